The number of ether oxygens (including phenoxy) is 1. The maximum absolute atomic E-state index is 12.3. The summed E-state index contributed by atoms with van der Waals surface area (Å²) >= 11 is 0. The first-order valence-electron chi connectivity index (χ1n) is 9.40. The molecule has 0 unspecified atom stereocenters. The smallest absolute Gasteiger partial charge is 0.241 e. The van der Waals surface area contributed by atoms with Gasteiger partial charge in [0.2, 0.25) is 11.8 Å². The fourth-order valence-electron chi connectivity index (χ4n) is 3.70. The molecule has 0 radical (unpaired) electrons. The predicted molar refractivity (Wildman–Crippen MR) is 96.1 cm³/mol. The number of carbonyl (C=O) groups excluding carboxylic acids is 2. The average molecular weight is 344 g/mol. The molecular weight excluding hydrogens is 316 g/mol. The van der Waals surface area contributed by atoms with Crippen LogP contribution in [-0.4, -0.2) is 49.1 Å². The van der Waals surface area contributed by atoms with Gasteiger partial charge in [-0.2, -0.15) is 0 Å². The van der Waals surface area contributed by atoms with Crippen LogP contribution in [0.3, 0.4) is 0 Å². The number of hydrogen-bond acceptors (Lipinski definition) is 3. The highest BCUT2D eigenvalue weighted by atomic mass is 16.5. The Labute approximate surface area is 149 Å². The fourth-order valence-corrected chi connectivity index (χ4v) is 3.70. The predicted octanol–water partition coefficient (Wildman–Crippen LogP) is 2.15. The first-order chi connectivity index (χ1) is 12.2. The Morgan fingerprint density at radius 2 is 1.88 bits per heavy atom. The zero-order valence-electron chi connectivity index (χ0n) is 14.8. The van der Waals surface area contributed by atoms with Gasteiger partial charge in [0.1, 0.15) is 0 Å². The number of rotatable bonds is 6. The molecule has 1 aromatic rings. The summed E-state index contributed by atoms with van der Waals surface area (Å²) in [6.45, 7) is 2.43. The topological polar surface area (TPSA) is 58.6 Å². The molecule has 2 aliphatic rings. The molecule has 5 nitrogen and oxygen atoms in total. The van der Waals surface area contributed by atoms with Crippen molar-refractivity contribution in [2.24, 2.45) is 5.92 Å². The molecule has 0 bridgehead atoms. The summed E-state index contributed by atoms with van der Waals surface area (Å²) in [5, 5.41) is 2.75. The Bertz CT molecular complexity index is 562. The molecule has 0 aliphatic carbocycles. The molecule has 5 heteroatoms. The van der Waals surface area contributed by atoms with Crippen LogP contribution in [0, 0.1) is 5.92 Å². The van der Waals surface area contributed by atoms with Crippen LogP contribution in [-0.2, 0) is 20.7 Å². The first kappa shape index (κ1) is 17.9. The van der Waals surface area contributed by atoms with Crippen LogP contribution in [0.1, 0.15) is 37.7 Å². The minimum atomic E-state index is -0.0841. The Morgan fingerprint density at radius 3 is 2.56 bits per heavy atom. The van der Waals surface area contributed by atoms with Crippen molar-refractivity contribution in [3.63, 3.8) is 0 Å². The second kappa shape index (κ2) is 8.99. The number of likely N-dealkylation sites (tertiary alicyclic amines) is 1. The third-order valence-electron chi connectivity index (χ3n) is 5.21. The molecule has 136 valence electrons. The van der Waals surface area contributed by atoms with Gasteiger partial charge in [0.05, 0.1) is 19.1 Å². The number of piperidine rings is 1. The van der Waals surface area contributed by atoms with E-state index in [1.807, 2.05) is 11.0 Å². The van der Waals surface area contributed by atoms with Crippen LogP contribution in [0.2, 0.25) is 0 Å². The number of benzene rings is 1. The quantitative estimate of drug-likeness (QED) is 0.860. The van der Waals surface area contributed by atoms with E-state index in [4.69, 9.17) is 4.74 Å². The zero-order chi connectivity index (χ0) is 17.5. The van der Waals surface area contributed by atoms with Gasteiger partial charge in [0.15, 0.2) is 0 Å². The lowest BCUT2D eigenvalue weighted by Gasteiger charge is -2.32. The Kier molecular flexibility index (Phi) is 6.45. The van der Waals surface area contributed by atoms with E-state index in [1.54, 1.807) is 0 Å². The van der Waals surface area contributed by atoms with Crippen LogP contribution in [0.5, 0.6) is 0 Å². The fraction of sp³-hybridized carbons (Fsp3) is 0.600. The minimum Gasteiger partial charge on any atom is -0.378 e. The van der Waals surface area contributed by atoms with Gasteiger partial charge in [-0.05, 0) is 43.6 Å². The number of carbonyl (C=O) groups is 2. The van der Waals surface area contributed by atoms with Gasteiger partial charge < -0.3 is 15.0 Å². The van der Waals surface area contributed by atoms with E-state index in [1.165, 1.54) is 5.56 Å². The van der Waals surface area contributed by atoms with Crippen molar-refractivity contribution in [1.29, 1.82) is 0 Å². The summed E-state index contributed by atoms with van der Waals surface area (Å²) in [5.74, 6) is 0.582. The largest absolute Gasteiger partial charge is 0.378 e. The molecular formula is C20H28N2O3. The van der Waals surface area contributed by atoms with Gasteiger partial charge in [0.25, 0.3) is 0 Å². The minimum absolute atomic E-state index is 0.0267. The molecule has 2 amide bonds. The van der Waals surface area contributed by atoms with E-state index in [-0.39, 0.29) is 24.5 Å². The van der Waals surface area contributed by atoms with Crippen LogP contribution < -0.4 is 5.32 Å². The van der Waals surface area contributed by atoms with Gasteiger partial charge in [0, 0.05) is 19.7 Å². The van der Waals surface area contributed by atoms with E-state index >= 15 is 0 Å². The lowest BCUT2D eigenvalue weighted by Crippen LogP contribution is -2.44. The van der Waals surface area contributed by atoms with Gasteiger partial charge in [-0.3, -0.25) is 9.59 Å². The maximum Gasteiger partial charge on any atom is 0.241 e. The Balaban J connectivity index is 1.34. The van der Waals surface area contributed by atoms with E-state index < -0.39 is 0 Å². The third kappa shape index (κ3) is 5.56. The number of amides is 2. The van der Waals surface area contributed by atoms with E-state index in [2.05, 4.69) is 29.6 Å². The van der Waals surface area contributed by atoms with Gasteiger partial charge >= 0.3 is 0 Å². The van der Waals surface area contributed by atoms with Crippen LogP contribution in [0.15, 0.2) is 30.3 Å². The van der Waals surface area contributed by atoms with Crippen molar-refractivity contribution in [2.75, 3.05) is 26.2 Å². The van der Waals surface area contributed by atoms with Crippen molar-refractivity contribution in [3.05, 3.63) is 35.9 Å². The van der Waals surface area contributed by atoms with E-state index in [0.717, 1.165) is 51.8 Å². The zero-order valence-corrected chi connectivity index (χ0v) is 14.8. The monoisotopic (exact) mass is 344 g/mol. The normalized spacial score (nSPS) is 21.3. The molecule has 2 fully saturated rings. The van der Waals surface area contributed by atoms with Crippen molar-refractivity contribution >= 4 is 11.8 Å². The summed E-state index contributed by atoms with van der Waals surface area (Å²) in [7, 11) is 0. The molecule has 2 heterocycles. The average Bonchev–Trinajstić information content (AvgIpc) is 3.14. The molecule has 2 saturated heterocycles. The molecule has 0 aromatic heterocycles. The molecule has 1 aromatic carbocycles. The summed E-state index contributed by atoms with van der Waals surface area (Å²) < 4.78 is 5.45. The van der Waals surface area contributed by atoms with Crippen LogP contribution in [0.4, 0.5) is 0 Å². The van der Waals surface area contributed by atoms with Crippen molar-refractivity contribution in [3.8, 4) is 0 Å². The maximum atomic E-state index is 12.3. The van der Waals surface area contributed by atoms with E-state index in [9.17, 15) is 9.59 Å². The lowest BCUT2D eigenvalue weighted by atomic mass is 9.90. The van der Waals surface area contributed by atoms with Crippen LogP contribution in [0.25, 0.3) is 0 Å². The molecule has 0 spiro atoms. The molecule has 1 N–H and O–H groups in total. The van der Waals surface area contributed by atoms with E-state index in [0.29, 0.717) is 12.3 Å². The summed E-state index contributed by atoms with van der Waals surface area (Å²) in [6.07, 6.45) is 5.51. The molecule has 1 atom stereocenters. The first-order valence-corrected chi connectivity index (χ1v) is 9.40. The summed E-state index contributed by atoms with van der Waals surface area (Å²) in [6, 6.07) is 10.5. The van der Waals surface area contributed by atoms with Gasteiger partial charge in [-0.15, -0.1) is 0 Å². The summed E-state index contributed by atoms with van der Waals surface area (Å²) in [4.78, 5) is 26.0. The Morgan fingerprint density at radius 1 is 1.12 bits per heavy atom. The second-order valence-corrected chi connectivity index (χ2v) is 7.13. The van der Waals surface area contributed by atoms with Crippen molar-refractivity contribution < 1.29 is 14.3 Å². The molecule has 25 heavy (non-hydrogen) atoms. The lowest BCUT2D eigenvalue weighted by molar-refractivity contribution is -0.134. The number of nitrogens with one attached hydrogen (secondary N) is 1. The number of hydrogen-bond donors (Lipinski definition) is 1. The highest BCUT2D eigenvalue weighted by Crippen LogP contribution is 2.21. The number of nitrogens with zero attached hydrogens (tertiary/aromatic N) is 1. The molecule has 3 rings (SSSR count). The Hall–Kier alpha value is -1.88. The molecule has 2 aliphatic heterocycles. The molecule has 0 saturated carbocycles. The third-order valence-corrected chi connectivity index (χ3v) is 5.21. The highest BCUT2D eigenvalue weighted by molar-refractivity contribution is 5.85. The van der Waals surface area contributed by atoms with Gasteiger partial charge in [-0.1, -0.05) is 30.3 Å². The summed E-state index contributed by atoms with van der Waals surface area (Å²) in [5.41, 5.74) is 1.37. The van der Waals surface area contributed by atoms with Crippen molar-refractivity contribution in [1.82, 2.24) is 10.2 Å². The van der Waals surface area contributed by atoms with Crippen molar-refractivity contribution in [2.45, 2.75) is 44.6 Å². The SMILES string of the molecule is O=C(C[C@H]1CCCO1)NCC(=O)N1CCC(Cc2ccccc2)CC1. The highest BCUT2D eigenvalue weighted by Gasteiger charge is 2.24. The standard InChI is InChI=1S/C20H28N2O3/c23-19(14-18-7-4-12-25-18)21-15-20(24)22-10-8-17(9-11-22)13-16-5-2-1-3-6-16/h1-3,5-6,17-18H,4,7-15H2,(H,21,23)/t18-/m1/s1. The van der Waals surface area contributed by atoms with Gasteiger partial charge in [-0.25, -0.2) is 0 Å². The second-order valence-electron chi connectivity index (χ2n) is 7.13. The van der Waals surface area contributed by atoms with Crippen LogP contribution >= 0.6 is 0 Å².